The summed E-state index contributed by atoms with van der Waals surface area (Å²) >= 11 is 0. The summed E-state index contributed by atoms with van der Waals surface area (Å²) in [6.07, 6.45) is -8.57. The average molecular weight is 747 g/mol. The molecule has 6 aliphatic rings. The lowest BCUT2D eigenvalue weighted by molar-refractivity contribution is -0.364. The molecule has 4 fully saturated rings. The molecule has 0 saturated carbocycles. The lowest BCUT2D eigenvalue weighted by Gasteiger charge is -2.47. The van der Waals surface area contributed by atoms with Crippen LogP contribution in [0.1, 0.15) is 49.5 Å². The van der Waals surface area contributed by atoms with E-state index in [4.69, 9.17) is 61.6 Å². The van der Waals surface area contributed by atoms with Crippen LogP contribution < -0.4 is 23.7 Å². The molecule has 11 atom stereocenters. The Morgan fingerprint density at radius 1 is 0.925 bits per heavy atom. The quantitative estimate of drug-likeness (QED) is 0.295. The van der Waals surface area contributed by atoms with Crippen LogP contribution in [0.2, 0.25) is 0 Å². The van der Waals surface area contributed by atoms with Gasteiger partial charge < -0.3 is 71.8 Å². The number of benzene rings is 2. The summed E-state index contributed by atoms with van der Waals surface area (Å²) in [4.78, 5) is 26.5. The number of ether oxygens (including phenoxy) is 13. The minimum atomic E-state index is -1.48. The molecule has 1 unspecified atom stereocenters. The highest BCUT2D eigenvalue weighted by atomic mass is 16.8. The third-order valence-corrected chi connectivity index (χ3v) is 10.4. The minimum absolute atomic E-state index is 0.00601. The molecule has 4 saturated heterocycles. The normalized spacial score (nSPS) is 35.1. The Labute approximate surface area is 304 Å². The van der Waals surface area contributed by atoms with Gasteiger partial charge in [0.05, 0.1) is 46.1 Å². The summed E-state index contributed by atoms with van der Waals surface area (Å²) in [5.41, 5.74) is 1.84. The third-order valence-electron chi connectivity index (χ3n) is 10.4. The van der Waals surface area contributed by atoms with E-state index in [1.807, 2.05) is 0 Å². The second-order valence-electron chi connectivity index (χ2n) is 14.1. The number of cyclic esters (lactones) is 1. The Hall–Kier alpha value is -3.94. The Morgan fingerprint density at radius 2 is 1.64 bits per heavy atom. The topological polar surface area (TPSA) is 195 Å². The van der Waals surface area contributed by atoms with Crippen molar-refractivity contribution in [2.24, 2.45) is 11.8 Å². The van der Waals surface area contributed by atoms with Crippen molar-refractivity contribution < 1.29 is 81.4 Å². The molecule has 0 aromatic heterocycles. The molecule has 0 radical (unpaired) electrons. The van der Waals surface area contributed by atoms with Gasteiger partial charge in [-0.25, -0.2) is 4.79 Å². The SMILES string of the molecule is COc1cc([C@@H]2c3cc4c(cc3[C@@H](O[C@@H]3O[C@@H]5CO[C@@H](C)O[C@H]5[C@H](O)[C@H]3O)[C@H]3COC(=O)[C@H]23)OCO4)cc(OC)c1OC(=O)OCC1COC(C)(C)O1. The highest BCUT2D eigenvalue weighted by molar-refractivity contribution is 5.79. The van der Waals surface area contributed by atoms with Gasteiger partial charge in [0.1, 0.15) is 37.1 Å². The number of esters is 1. The summed E-state index contributed by atoms with van der Waals surface area (Å²) in [5.74, 6) is -2.17. The third kappa shape index (κ3) is 6.62. The molecule has 0 amide bonds. The number of rotatable bonds is 8. The lowest BCUT2D eigenvalue weighted by atomic mass is 9.66. The highest BCUT2D eigenvalue weighted by Crippen LogP contribution is 2.57. The van der Waals surface area contributed by atoms with Crippen LogP contribution in [0.4, 0.5) is 4.79 Å². The van der Waals surface area contributed by atoms with Crippen LogP contribution in [0.3, 0.4) is 0 Å². The number of hydrogen-bond donors (Lipinski definition) is 2. The number of methoxy groups -OCH3 is 2. The van der Waals surface area contributed by atoms with Crippen LogP contribution in [-0.2, 0) is 42.7 Å². The first kappa shape index (κ1) is 36.1. The molecule has 0 spiro atoms. The van der Waals surface area contributed by atoms with E-state index in [0.717, 1.165) is 0 Å². The molecule has 1 aliphatic carbocycles. The largest absolute Gasteiger partial charge is 0.514 e. The van der Waals surface area contributed by atoms with E-state index in [0.29, 0.717) is 28.2 Å². The standard InChI is InChI=1S/C36H42O17/c1-15-43-13-25-32(49-15)28(37)29(38)34(50-25)51-30-19-9-22-21(46-14-47-22)8-18(19)26(27-20(30)12-44-33(27)39)16-6-23(41-4)31(24(7-16)42-5)52-35(40)45-10-17-11-48-36(2,3)53-17/h6-9,15,17,20,25-30,32,34,37-38H,10-14H2,1-5H3/t15-,17?,20+,25-,26-,27+,28-,29-,30-,32-,34+/m1/s1. The second kappa shape index (κ2) is 14.0. The summed E-state index contributed by atoms with van der Waals surface area (Å²) in [6.45, 7) is 5.48. The van der Waals surface area contributed by atoms with E-state index in [-0.39, 0.29) is 50.5 Å². The summed E-state index contributed by atoms with van der Waals surface area (Å²) < 4.78 is 74.6. The van der Waals surface area contributed by atoms with Crippen molar-refractivity contribution in [3.05, 3.63) is 41.0 Å². The van der Waals surface area contributed by atoms with E-state index in [1.165, 1.54) is 14.2 Å². The van der Waals surface area contributed by atoms with Gasteiger partial charge in [0.15, 0.2) is 41.4 Å². The maximum Gasteiger partial charge on any atom is 0.514 e. The molecular weight excluding hydrogens is 704 g/mol. The average Bonchev–Trinajstić information content (AvgIpc) is 3.86. The molecule has 5 heterocycles. The fraction of sp³-hybridized carbons (Fsp3) is 0.611. The molecule has 17 nitrogen and oxygen atoms in total. The van der Waals surface area contributed by atoms with E-state index in [2.05, 4.69) is 0 Å². The fourth-order valence-corrected chi connectivity index (χ4v) is 7.94. The van der Waals surface area contributed by atoms with Gasteiger partial charge in [0.25, 0.3) is 0 Å². The first-order chi connectivity index (χ1) is 25.4. The van der Waals surface area contributed by atoms with Crippen LogP contribution in [0.15, 0.2) is 24.3 Å². The predicted molar refractivity (Wildman–Crippen MR) is 174 cm³/mol. The molecule has 2 aromatic rings. The van der Waals surface area contributed by atoms with Gasteiger partial charge in [-0.3, -0.25) is 4.79 Å². The summed E-state index contributed by atoms with van der Waals surface area (Å²) in [7, 11) is 2.81. The Kier molecular flexibility index (Phi) is 9.55. The maximum absolute atomic E-state index is 13.7. The van der Waals surface area contributed by atoms with Crippen molar-refractivity contribution in [1.82, 2.24) is 0 Å². The van der Waals surface area contributed by atoms with Gasteiger partial charge in [-0.2, -0.15) is 0 Å². The zero-order valence-corrected chi connectivity index (χ0v) is 29.7. The first-order valence-corrected chi connectivity index (χ1v) is 17.4. The number of aliphatic hydroxyl groups is 2. The van der Waals surface area contributed by atoms with Gasteiger partial charge in [-0.15, -0.1) is 0 Å². The molecule has 17 heteroatoms. The van der Waals surface area contributed by atoms with Gasteiger partial charge in [-0.1, -0.05) is 0 Å². The predicted octanol–water partition coefficient (Wildman–Crippen LogP) is 2.30. The molecule has 288 valence electrons. The van der Waals surface area contributed by atoms with Crippen LogP contribution in [-0.4, -0.2) is 119 Å². The first-order valence-electron chi connectivity index (χ1n) is 17.4. The number of carbonyl (C=O) groups excluding carboxylic acids is 2. The maximum atomic E-state index is 13.7. The number of hydrogen-bond acceptors (Lipinski definition) is 17. The highest BCUT2D eigenvalue weighted by Gasteiger charge is 2.56. The van der Waals surface area contributed by atoms with Gasteiger partial charge in [-0.05, 0) is 61.7 Å². The Bertz CT molecular complexity index is 1700. The number of carbonyl (C=O) groups is 2. The van der Waals surface area contributed by atoms with Crippen molar-refractivity contribution in [3.8, 4) is 28.7 Å². The fourth-order valence-electron chi connectivity index (χ4n) is 7.94. The number of fused-ring (bicyclic) bond motifs is 4. The molecule has 0 bridgehead atoms. The Morgan fingerprint density at radius 3 is 2.32 bits per heavy atom. The zero-order valence-electron chi connectivity index (χ0n) is 29.7. The van der Waals surface area contributed by atoms with Crippen LogP contribution in [0.5, 0.6) is 28.7 Å². The van der Waals surface area contributed by atoms with E-state index in [1.54, 1.807) is 45.0 Å². The van der Waals surface area contributed by atoms with Crippen molar-refractivity contribution in [2.75, 3.05) is 47.4 Å². The van der Waals surface area contributed by atoms with Crippen LogP contribution >= 0.6 is 0 Å². The number of aliphatic hydroxyl groups excluding tert-OH is 2. The van der Waals surface area contributed by atoms with Crippen molar-refractivity contribution in [1.29, 1.82) is 0 Å². The van der Waals surface area contributed by atoms with Crippen molar-refractivity contribution in [3.63, 3.8) is 0 Å². The molecule has 2 N–H and O–H groups in total. The summed E-state index contributed by atoms with van der Waals surface area (Å²) in [5, 5.41) is 22.2. The van der Waals surface area contributed by atoms with Crippen molar-refractivity contribution in [2.45, 2.75) is 81.7 Å². The van der Waals surface area contributed by atoms with Crippen LogP contribution in [0, 0.1) is 11.8 Å². The summed E-state index contributed by atoms with van der Waals surface area (Å²) in [6, 6.07) is 6.86. The smallest absolute Gasteiger partial charge is 0.493 e. The van der Waals surface area contributed by atoms with Gasteiger partial charge >= 0.3 is 12.1 Å². The van der Waals surface area contributed by atoms with Gasteiger partial charge in [0, 0.05) is 11.8 Å². The van der Waals surface area contributed by atoms with Gasteiger partial charge in [0.2, 0.25) is 12.5 Å². The second-order valence-corrected chi connectivity index (χ2v) is 14.1. The lowest BCUT2D eigenvalue weighted by Crippen LogP contribution is -2.63. The molecule has 2 aromatic carbocycles. The monoisotopic (exact) mass is 746 g/mol. The van der Waals surface area contributed by atoms with E-state index < -0.39 is 84.9 Å². The van der Waals surface area contributed by atoms with Crippen LogP contribution in [0.25, 0.3) is 0 Å². The molecular formula is C36H42O17. The van der Waals surface area contributed by atoms with E-state index in [9.17, 15) is 19.8 Å². The minimum Gasteiger partial charge on any atom is -0.493 e. The Balaban J connectivity index is 1.12. The molecule has 53 heavy (non-hydrogen) atoms. The van der Waals surface area contributed by atoms with Crippen molar-refractivity contribution >= 4 is 12.1 Å². The molecule has 5 aliphatic heterocycles. The zero-order chi connectivity index (χ0) is 37.2. The molecule has 8 rings (SSSR count). The van der Waals surface area contributed by atoms with E-state index >= 15 is 0 Å².